The molecule has 0 unspecified atom stereocenters. The van der Waals surface area contributed by atoms with Crippen LogP contribution in [-0.2, 0) is 6.54 Å². The minimum Gasteiger partial charge on any atom is -0.490 e. The molecule has 0 saturated carbocycles. The first kappa shape index (κ1) is 13.4. The number of hydrogen-bond donors (Lipinski definition) is 1. The Labute approximate surface area is 120 Å². The van der Waals surface area contributed by atoms with Gasteiger partial charge in [0, 0.05) is 6.54 Å². The molecule has 108 valence electrons. The number of rotatable bonds is 5. The third-order valence-electron chi connectivity index (χ3n) is 3.30. The molecule has 0 atom stereocenters. The third-order valence-corrected chi connectivity index (χ3v) is 3.30. The first-order valence-corrected chi connectivity index (χ1v) is 6.80. The van der Waals surface area contributed by atoms with Crippen molar-refractivity contribution in [3.63, 3.8) is 0 Å². The number of ether oxygens (including phenoxy) is 1. The quantitative estimate of drug-likeness (QED) is 0.733. The average molecular weight is 286 g/mol. The largest absolute Gasteiger partial charge is 0.490 e. The molecule has 0 saturated heterocycles. The van der Waals surface area contributed by atoms with Crippen molar-refractivity contribution in [3.05, 3.63) is 64.8 Å². The Morgan fingerprint density at radius 2 is 1.86 bits per heavy atom. The Morgan fingerprint density at radius 1 is 1.10 bits per heavy atom. The number of H-pyrrole nitrogens is 1. The predicted molar refractivity (Wildman–Crippen MR) is 79.1 cm³/mol. The van der Waals surface area contributed by atoms with Crippen LogP contribution >= 0.6 is 0 Å². The van der Waals surface area contributed by atoms with Crippen LogP contribution in [0.5, 0.6) is 5.75 Å². The second-order valence-corrected chi connectivity index (χ2v) is 4.73. The number of aromatic amines is 1. The SMILES string of the molecule is O=c1[nH]c2ccccc2n1CCCOc1ccccc1F. The molecule has 21 heavy (non-hydrogen) atoms. The molecular weight excluding hydrogens is 271 g/mol. The molecule has 2 aromatic carbocycles. The fraction of sp³-hybridized carbons (Fsp3) is 0.188. The summed E-state index contributed by atoms with van der Waals surface area (Å²) in [6.45, 7) is 0.879. The van der Waals surface area contributed by atoms with Gasteiger partial charge in [-0.1, -0.05) is 24.3 Å². The maximum Gasteiger partial charge on any atom is 0.326 e. The summed E-state index contributed by atoms with van der Waals surface area (Å²) in [6, 6.07) is 13.8. The van der Waals surface area contributed by atoms with Crippen molar-refractivity contribution in [1.29, 1.82) is 0 Å². The van der Waals surface area contributed by atoms with E-state index in [4.69, 9.17) is 4.74 Å². The minimum absolute atomic E-state index is 0.137. The maximum atomic E-state index is 13.4. The lowest BCUT2D eigenvalue weighted by atomic mass is 10.3. The second-order valence-electron chi connectivity index (χ2n) is 4.73. The Hall–Kier alpha value is -2.56. The van der Waals surface area contributed by atoms with Crippen LogP contribution in [0.25, 0.3) is 11.0 Å². The molecule has 3 rings (SSSR count). The average Bonchev–Trinajstić information content (AvgIpc) is 2.81. The Bertz CT molecular complexity index is 807. The summed E-state index contributed by atoms with van der Waals surface area (Å²) < 4.78 is 20.4. The molecule has 0 aliphatic carbocycles. The van der Waals surface area contributed by atoms with Crippen molar-refractivity contribution in [1.82, 2.24) is 9.55 Å². The Kier molecular flexibility index (Phi) is 3.73. The molecule has 0 amide bonds. The second kappa shape index (κ2) is 5.83. The summed E-state index contributed by atoms with van der Waals surface area (Å²) >= 11 is 0. The van der Waals surface area contributed by atoms with Gasteiger partial charge in [0.1, 0.15) is 0 Å². The zero-order chi connectivity index (χ0) is 14.7. The fourth-order valence-electron chi connectivity index (χ4n) is 2.30. The summed E-state index contributed by atoms with van der Waals surface area (Å²) in [6.07, 6.45) is 0.621. The van der Waals surface area contributed by atoms with E-state index in [0.717, 1.165) is 11.0 Å². The monoisotopic (exact) mass is 286 g/mol. The van der Waals surface area contributed by atoms with Gasteiger partial charge in [-0.05, 0) is 30.7 Å². The highest BCUT2D eigenvalue weighted by atomic mass is 19.1. The smallest absolute Gasteiger partial charge is 0.326 e. The van der Waals surface area contributed by atoms with Gasteiger partial charge in [-0.25, -0.2) is 9.18 Å². The number of fused-ring (bicyclic) bond motifs is 1. The van der Waals surface area contributed by atoms with Crippen LogP contribution in [0.4, 0.5) is 4.39 Å². The summed E-state index contributed by atoms with van der Waals surface area (Å²) in [4.78, 5) is 14.7. The van der Waals surface area contributed by atoms with Crippen LogP contribution in [0.2, 0.25) is 0 Å². The predicted octanol–water partition coefficient (Wildman–Crippen LogP) is 2.94. The molecule has 0 fully saturated rings. The van der Waals surface area contributed by atoms with Gasteiger partial charge < -0.3 is 9.72 Å². The van der Waals surface area contributed by atoms with Gasteiger partial charge in [0.05, 0.1) is 17.6 Å². The van der Waals surface area contributed by atoms with Gasteiger partial charge in [-0.3, -0.25) is 4.57 Å². The molecule has 0 spiro atoms. The number of nitrogens with zero attached hydrogens (tertiary/aromatic N) is 1. The fourth-order valence-corrected chi connectivity index (χ4v) is 2.30. The number of aryl methyl sites for hydroxylation is 1. The molecule has 4 nitrogen and oxygen atoms in total. The number of halogens is 1. The summed E-state index contributed by atoms with van der Waals surface area (Å²) in [5.41, 5.74) is 1.55. The van der Waals surface area contributed by atoms with Crippen LogP contribution < -0.4 is 10.4 Å². The zero-order valence-electron chi connectivity index (χ0n) is 11.4. The number of aromatic nitrogens is 2. The van der Waals surface area contributed by atoms with Crippen LogP contribution in [0.1, 0.15) is 6.42 Å². The molecule has 0 radical (unpaired) electrons. The minimum atomic E-state index is -0.373. The van der Waals surface area contributed by atoms with Gasteiger partial charge in [-0.15, -0.1) is 0 Å². The van der Waals surface area contributed by atoms with Crippen molar-refractivity contribution in [2.45, 2.75) is 13.0 Å². The maximum absolute atomic E-state index is 13.4. The van der Waals surface area contributed by atoms with E-state index in [2.05, 4.69) is 4.98 Å². The first-order chi connectivity index (χ1) is 10.3. The molecule has 1 heterocycles. The number of para-hydroxylation sites is 3. The molecule has 0 aliphatic heterocycles. The highest BCUT2D eigenvalue weighted by molar-refractivity contribution is 5.74. The van der Waals surface area contributed by atoms with E-state index in [1.165, 1.54) is 6.07 Å². The van der Waals surface area contributed by atoms with E-state index < -0.39 is 0 Å². The summed E-state index contributed by atoms with van der Waals surface area (Å²) in [7, 11) is 0. The van der Waals surface area contributed by atoms with Gasteiger partial charge in [0.25, 0.3) is 0 Å². The molecule has 3 aromatic rings. The van der Waals surface area contributed by atoms with E-state index in [1.54, 1.807) is 22.8 Å². The van der Waals surface area contributed by atoms with E-state index >= 15 is 0 Å². The Morgan fingerprint density at radius 3 is 2.71 bits per heavy atom. The summed E-state index contributed by atoms with van der Waals surface area (Å²) in [5.74, 6) is -0.134. The number of nitrogens with one attached hydrogen (secondary N) is 1. The van der Waals surface area contributed by atoms with Crippen molar-refractivity contribution in [2.75, 3.05) is 6.61 Å². The van der Waals surface area contributed by atoms with Crippen LogP contribution in [0.3, 0.4) is 0 Å². The van der Waals surface area contributed by atoms with E-state index in [0.29, 0.717) is 19.6 Å². The van der Waals surface area contributed by atoms with E-state index in [1.807, 2.05) is 24.3 Å². The highest BCUT2D eigenvalue weighted by Crippen LogP contribution is 2.15. The Balaban J connectivity index is 1.64. The standard InChI is InChI=1S/C16H15FN2O2/c17-12-6-1-4-9-15(12)21-11-5-10-19-14-8-3-2-7-13(14)18-16(19)20/h1-4,6-9H,5,10-11H2,(H,18,20). The molecular formula is C16H15FN2O2. The van der Waals surface area contributed by atoms with Crippen molar-refractivity contribution in [3.8, 4) is 5.75 Å². The van der Waals surface area contributed by atoms with Gasteiger partial charge in [-0.2, -0.15) is 0 Å². The molecule has 1 aromatic heterocycles. The van der Waals surface area contributed by atoms with Crippen molar-refractivity contribution >= 4 is 11.0 Å². The highest BCUT2D eigenvalue weighted by Gasteiger charge is 2.06. The van der Waals surface area contributed by atoms with Crippen molar-refractivity contribution in [2.24, 2.45) is 0 Å². The lowest BCUT2D eigenvalue weighted by Gasteiger charge is -2.07. The topological polar surface area (TPSA) is 47.0 Å². The molecule has 0 bridgehead atoms. The number of benzene rings is 2. The number of imidazole rings is 1. The third kappa shape index (κ3) is 2.81. The zero-order valence-corrected chi connectivity index (χ0v) is 11.4. The normalized spacial score (nSPS) is 10.9. The van der Waals surface area contributed by atoms with Gasteiger partial charge in [0.2, 0.25) is 0 Å². The lowest BCUT2D eigenvalue weighted by Crippen LogP contribution is -2.18. The van der Waals surface area contributed by atoms with Crippen LogP contribution in [-0.4, -0.2) is 16.2 Å². The van der Waals surface area contributed by atoms with Crippen LogP contribution in [0, 0.1) is 5.82 Å². The van der Waals surface area contributed by atoms with Gasteiger partial charge in [0.15, 0.2) is 11.6 Å². The van der Waals surface area contributed by atoms with Crippen LogP contribution in [0.15, 0.2) is 53.3 Å². The van der Waals surface area contributed by atoms with Gasteiger partial charge >= 0.3 is 5.69 Å². The molecule has 5 heteroatoms. The van der Waals surface area contributed by atoms with E-state index in [9.17, 15) is 9.18 Å². The molecule has 0 aliphatic rings. The molecule has 1 N–H and O–H groups in total. The summed E-state index contributed by atoms with van der Waals surface area (Å²) in [5, 5.41) is 0. The number of hydrogen-bond acceptors (Lipinski definition) is 2. The van der Waals surface area contributed by atoms with E-state index in [-0.39, 0.29) is 17.3 Å². The first-order valence-electron chi connectivity index (χ1n) is 6.80. The van der Waals surface area contributed by atoms with Crippen molar-refractivity contribution < 1.29 is 9.13 Å². The lowest BCUT2D eigenvalue weighted by molar-refractivity contribution is 0.288.